The minimum atomic E-state index is 0. The zero-order valence-electron chi connectivity index (χ0n) is 5.16. The molecule has 1 rings (SSSR count). The van der Waals surface area contributed by atoms with Crippen molar-refractivity contribution in [3.63, 3.8) is 0 Å². The normalized spacial score (nSPS) is 7.50. The molecule has 0 bridgehead atoms. The fourth-order valence-electron chi connectivity index (χ4n) is 0.507. The fraction of sp³-hybridized carbons (Fsp3) is 0. The maximum Gasteiger partial charge on any atom is -0.870 e. The largest absolute Gasteiger partial charge is 0.870 e. The molecular weight excluding hydrogens is 195 g/mol. The molecule has 0 aliphatic rings. The van der Waals surface area contributed by atoms with E-state index in [-0.39, 0.29) is 11.0 Å². The van der Waals surface area contributed by atoms with Crippen LogP contribution in [0.5, 0.6) is 0 Å². The van der Waals surface area contributed by atoms with Gasteiger partial charge < -0.3 is 11.0 Å². The van der Waals surface area contributed by atoms with E-state index in [0.717, 1.165) is 9.94 Å². The number of benzene rings is 1. The van der Waals surface area contributed by atoms with Crippen LogP contribution < -0.4 is 5.46 Å². The van der Waals surface area contributed by atoms with Gasteiger partial charge in [-0.1, -0.05) is 0 Å². The molecule has 0 saturated heterocycles. The minimum absolute atomic E-state index is 0. The third-order valence-corrected chi connectivity index (χ3v) is 1.34. The van der Waals surface area contributed by atoms with E-state index < -0.39 is 0 Å². The van der Waals surface area contributed by atoms with Crippen molar-refractivity contribution in [2.75, 3.05) is 0 Å². The molecule has 1 aromatic carbocycles. The van der Waals surface area contributed by atoms with Gasteiger partial charge in [-0.05, 0) is 0 Å². The SMILES string of the molecule is [B+2]c1cccc(Br)c1.[OH-].[OH-]. The van der Waals surface area contributed by atoms with Gasteiger partial charge in [-0.2, -0.15) is 0 Å². The third-order valence-electron chi connectivity index (χ3n) is 0.849. The monoisotopic (exact) mass is 200 g/mol. The van der Waals surface area contributed by atoms with Crippen molar-refractivity contribution in [2.24, 2.45) is 0 Å². The number of hydrogen-bond donors (Lipinski definition) is 0. The second-order valence-corrected chi connectivity index (χ2v) is 2.47. The van der Waals surface area contributed by atoms with Crippen LogP contribution >= 0.6 is 15.9 Å². The molecule has 0 aliphatic carbocycles. The van der Waals surface area contributed by atoms with Crippen molar-refractivity contribution in [1.29, 1.82) is 0 Å². The molecule has 0 saturated carbocycles. The second-order valence-electron chi connectivity index (χ2n) is 1.56. The van der Waals surface area contributed by atoms with E-state index in [1.54, 1.807) is 0 Å². The molecular formula is C6H6BBrO2. The summed E-state index contributed by atoms with van der Waals surface area (Å²) in [6, 6.07) is 7.56. The molecule has 0 atom stereocenters. The molecule has 52 valence electrons. The van der Waals surface area contributed by atoms with E-state index >= 15 is 0 Å². The molecule has 0 spiro atoms. The molecule has 0 radical (unpaired) electrons. The topological polar surface area (TPSA) is 60.0 Å². The van der Waals surface area contributed by atoms with Crippen LogP contribution in [0.4, 0.5) is 0 Å². The molecule has 0 heterocycles. The van der Waals surface area contributed by atoms with Gasteiger partial charge in [0, 0.05) is 0 Å². The summed E-state index contributed by atoms with van der Waals surface area (Å²) < 4.78 is 1.03. The van der Waals surface area contributed by atoms with Crippen LogP contribution in [0.3, 0.4) is 0 Å². The van der Waals surface area contributed by atoms with E-state index in [4.69, 9.17) is 7.85 Å². The Morgan fingerprint density at radius 3 is 2.10 bits per heavy atom. The predicted molar refractivity (Wildman–Crippen MR) is 43.4 cm³/mol. The van der Waals surface area contributed by atoms with E-state index in [9.17, 15) is 0 Å². The van der Waals surface area contributed by atoms with E-state index in [1.807, 2.05) is 24.3 Å². The smallest absolute Gasteiger partial charge is 0.870 e. The minimum Gasteiger partial charge on any atom is -0.870 e. The van der Waals surface area contributed by atoms with Gasteiger partial charge in [-0.25, -0.2) is 0 Å². The van der Waals surface area contributed by atoms with Crippen LogP contribution in [-0.4, -0.2) is 18.8 Å². The van der Waals surface area contributed by atoms with Gasteiger partial charge in [0.25, 0.3) is 0 Å². The Morgan fingerprint density at radius 1 is 1.20 bits per heavy atom. The predicted octanol–water partition coefficient (Wildman–Crippen LogP) is 0.889. The fourth-order valence-corrected chi connectivity index (χ4v) is 0.924. The summed E-state index contributed by atoms with van der Waals surface area (Å²) >= 11 is 3.28. The molecule has 2 nitrogen and oxygen atoms in total. The first-order chi connectivity index (χ1) is 3.79. The van der Waals surface area contributed by atoms with Crippen molar-refractivity contribution in [1.82, 2.24) is 0 Å². The van der Waals surface area contributed by atoms with Crippen molar-refractivity contribution in [3.8, 4) is 0 Å². The molecule has 2 N–H and O–H groups in total. The second kappa shape index (κ2) is 5.47. The Hall–Kier alpha value is -0.315. The maximum absolute atomic E-state index is 5.43. The molecule has 0 amide bonds. The summed E-state index contributed by atoms with van der Waals surface area (Å²) in [5.41, 5.74) is 0.791. The van der Waals surface area contributed by atoms with Crippen molar-refractivity contribution >= 4 is 29.2 Å². The molecule has 0 aliphatic heterocycles. The van der Waals surface area contributed by atoms with Crippen molar-refractivity contribution in [3.05, 3.63) is 28.7 Å². The number of rotatable bonds is 0. The van der Waals surface area contributed by atoms with Gasteiger partial charge in [0.15, 0.2) is 0 Å². The summed E-state index contributed by atoms with van der Waals surface area (Å²) in [4.78, 5) is 0. The first-order valence-corrected chi connectivity index (χ1v) is 3.09. The Bertz CT molecular complexity index is 176. The van der Waals surface area contributed by atoms with Gasteiger partial charge in [0.05, 0.1) is 0 Å². The molecule has 0 unspecified atom stereocenters. The Morgan fingerprint density at radius 2 is 1.80 bits per heavy atom. The zero-order valence-corrected chi connectivity index (χ0v) is 6.75. The van der Waals surface area contributed by atoms with Crippen LogP contribution in [0, 0.1) is 0 Å². The number of halogens is 1. The van der Waals surface area contributed by atoms with Gasteiger partial charge in [0.1, 0.15) is 0 Å². The Kier molecular flexibility index (Phi) is 6.76. The van der Waals surface area contributed by atoms with Crippen LogP contribution in [0.15, 0.2) is 28.7 Å². The first-order valence-electron chi connectivity index (χ1n) is 2.30. The van der Waals surface area contributed by atoms with Crippen LogP contribution in [0.1, 0.15) is 0 Å². The van der Waals surface area contributed by atoms with Crippen LogP contribution in [0.2, 0.25) is 0 Å². The Labute approximate surface area is 69.4 Å². The molecule has 10 heavy (non-hydrogen) atoms. The van der Waals surface area contributed by atoms with E-state index in [2.05, 4.69) is 15.9 Å². The van der Waals surface area contributed by atoms with Gasteiger partial charge >= 0.3 is 58.0 Å². The third kappa shape index (κ3) is 3.66. The zero-order chi connectivity index (χ0) is 5.98. The molecule has 0 aromatic heterocycles. The quantitative estimate of drug-likeness (QED) is 0.585. The summed E-state index contributed by atoms with van der Waals surface area (Å²) in [7, 11) is 5.43. The molecule has 1 aromatic rings. The van der Waals surface area contributed by atoms with Crippen LogP contribution in [-0.2, 0) is 0 Å². The first kappa shape index (κ1) is 12.4. The maximum atomic E-state index is 5.43. The van der Waals surface area contributed by atoms with Crippen molar-refractivity contribution < 1.29 is 11.0 Å². The number of hydrogen-bond acceptors (Lipinski definition) is 2. The Balaban J connectivity index is 0. The van der Waals surface area contributed by atoms with Gasteiger partial charge in [-0.3, -0.25) is 0 Å². The standard InChI is InChI=1S/C6H4BBr.2H2O/c7-5-2-1-3-6(8)4-5;;/h1-4H;2*1H2/q+2;;/p-2. The van der Waals surface area contributed by atoms with Gasteiger partial charge in [0.2, 0.25) is 0 Å². The molecule has 4 heteroatoms. The van der Waals surface area contributed by atoms with Crippen molar-refractivity contribution in [2.45, 2.75) is 0 Å². The van der Waals surface area contributed by atoms with Crippen LogP contribution in [0.25, 0.3) is 0 Å². The summed E-state index contributed by atoms with van der Waals surface area (Å²) in [6.07, 6.45) is 0. The summed E-state index contributed by atoms with van der Waals surface area (Å²) in [5, 5.41) is 0. The van der Waals surface area contributed by atoms with E-state index in [1.165, 1.54) is 0 Å². The molecule has 0 fully saturated rings. The summed E-state index contributed by atoms with van der Waals surface area (Å²) in [5.74, 6) is 0. The average molecular weight is 201 g/mol. The van der Waals surface area contributed by atoms with Gasteiger partial charge in [-0.15, -0.1) is 0 Å². The summed E-state index contributed by atoms with van der Waals surface area (Å²) in [6.45, 7) is 0. The van der Waals surface area contributed by atoms with E-state index in [0.29, 0.717) is 0 Å². The average Bonchev–Trinajstić information content (AvgIpc) is 1.64.